The largest absolute Gasteiger partial charge is 0.378 e. The Kier molecular flexibility index (Phi) is 7.59. The number of aromatic nitrogens is 3. The Bertz CT molecular complexity index is 1280. The number of halogens is 1. The number of hydrogen-bond donors (Lipinski definition) is 0. The average Bonchev–Trinajstić information content (AvgIpc) is 3.44. The Morgan fingerprint density at radius 2 is 1.86 bits per heavy atom. The molecule has 4 rings (SSSR count). The Morgan fingerprint density at radius 1 is 1.11 bits per heavy atom. The fourth-order valence-electron chi connectivity index (χ4n) is 3.91. The molecular formula is C25H29ClN4O4S. The van der Waals surface area contributed by atoms with E-state index in [2.05, 4.69) is 5.10 Å². The van der Waals surface area contributed by atoms with Gasteiger partial charge in [0.05, 0.1) is 23.2 Å². The van der Waals surface area contributed by atoms with Crippen molar-refractivity contribution >= 4 is 34.8 Å². The second kappa shape index (κ2) is 10.5. The third-order valence-electron chi connectivity index (χ3n) is 5.84. The maximum Gasteiger partial charge on any atom is 0.252 e. The van der Waals surface area contributed by atoms with E-state index in [9.17, 15) is 14.4 Å². The molecule has 35 heavy (non-hydrogen) atoms. The number of pyridine rings is 1. The highest BCUT2D eigenvalue weighted by molar-refractivity contribution is 7.16. The van der Waals surface area contributed by atoms with Crippen molar-refractivity contribution in [2.45, 2.75) is 40.2 Å². The molecule has 10 heteroatoms. The highest BCUT2D eigenvalue weighted by Gasteiger charge is 2.28. The second-order valence-electron chi connectivity index (χ2n) is 9.52. The van der Waals surface area contributed by atoms with E-state index in [1.807, 2.05) is 39.0 Å². The quantitative estimate of drug-likeness (QED) is 0.498. The van der Waals surface area contributed by atoms with E-state index in [0.717, 1.165) is 14.9 Å². The molecule has 0 N–H and O–H groups in total. The van der Waals surface area contributed by atoms with Gasteiger partial charge < -0.3 is 9.64 Å². The summed E-state index contributed by atoms with van der Waals surface area (Å²) < 4.78 is 8.91. The molecule has 1 aliphatic heterocycles. The van der Waals surface area contributed by atoms with Crippen LogP contribution in [0.25, 0.3) is 11.4 Å². The first-order valence-corrected chi connectivity index (χ1v) is 12.8. The number of carbonyl (C=O) groups is 2. The minimum absolute atomic E-state index is 0.0991. The number of amides is 1. The number of hydrogen-bond acceptors (Lipinski definition) is 6. The molecule has 0 aliphatic carbocycles. The fraction of sp³-hybridized carbons (Fsp3) is 0.440. The summed E-state index contributed by atoms with van der Waals surface area (Å²) >= 11 is 7.58. The Labute approximate surface area is 213 Å². The normalized spacial score (nSPS) is 14.3. The predicted octanol–water partition coefficient (Wildman–Crippen LogP) is 3.76. The molecule has 0 bridgehead atoms. The molecule has 0 atom stereocenters. The molecule has 0 saturated carbocycles. The van der Waals surface area contributed by atoms with Gasteiger partial charge >= 0.3 is 0 Å². The molecule has 3 aromatic heterocycles. The number of nitrogens with zero attached hydrogens (tertiary/aromatic N) is 4. The maximum atomic E-state index is 13.2. The van der Waals surface area contributed by atoms with Crippen molar-refractivity contribution in [3.8, 4) is 11.4 Å². The number of rotatable bonds is 6. The van der Waals surface area contributed by atoms with Crippen molar-refractivity contribution in [1.82, 2.24) is 19.2 Å². The number of morpholine rings is 1. The molecule has 0 radical (unpaired) electrons. The molecule has 0 aromatic carbocycles. The van der Waals surface area contributed by atoms with Crippen LogP contribution in [0.2, 0.25) is 4.34 Å². The third kappa shape index (κ3) is 5.91. The zero-order chi connectivity index (χ0) is 25.2. The van der Waals surface area contributed by atoms with E-state index >= 15 is 0 Å². The summed E-state index contributed by atoms with van der Waals surface area (Å²) in [7, 11) is 0. The van der Waals surface area contributed by atoms with Crippen molar-refractivity contribution in [3.63, 3.8) is 0 Å². The predicted molar refractivity (Wildman–Crippen MR) is 136 cm³/mol. The van der Waals surface area contributed by atoms with Gasteiger partial charge in [-0.2, -0.15) is 5.10 Å². The highest BCUT2D eigenvalue weighted by atomic mass is 35.5. The lowest BCUT2D eigenvalue weighted by Gasteiger charge is -2.27. The average molecular weight is 517 g/mol. The van der Waals surface area contributed by atoms with Gasteiger partial charge in [-0.3, -0.25) is 19.0 Å². The summed E-state index contributed by atoms with van der Waals surface area (Å²) in [6.45, 7) is 7.42. The monoisotopic (exact) mass is 516 g/mol. The molecule has 0 unspecified atom stereocenters. The summed E-state index contributed by atoms with van der Waals surface area (Å²) in [6, 6.07) is 10.5. The van der Waals surface area contributed by atoms with Crippen LogP contribution in [-0.4, -0.2) is 57.4 Å². The third-order valence-corrected chi connectivity index (χ3v) is 7.13. The van der Waals surface area contributed by atoms with Crippen molar-refractivity contribution in [3.05, 3.63) is 61.7 Å². The van der Waals surface area contributed by atoms with Crippen LogP contribution in [0.1, 0.15) is 36.1 Å². The van der Waals surface area contributed by atoms with Gasteiger partial charge in [0.25, 0.3) is 11.5 Å². The van der Waals surface area contributed by atoms with Crippen LogP contribution in [-0.2, 0) is 28.9 Å². The summed E-state index contributed by atoms with van der Waals surface area (Å²) in [4.78, 5) is 41.7. The lowest BCUT2D eigenvalue weighted by molar-refractivity contribution is -0.135. The van der Waals surface area contributed by atoms with Gasteiger partial charge in [-0.25, -0.2) is 4.68 Å². The van der Waals surface area contributed by atoms with Gasteiger partial charge in [0.1, 0.15) is 12.2 Å². The number of carbonyl (C=O) groups excluding carboxylic acids is 2. The van der Waals surface area contributed by atoms with Crippen LogP contribution >= 0.6 is 22.9 Å². The number of aryl methyl sites for hydroxylation is 2. The molecule has 8 nitrogen and oxygen atoms in total. The molecule has 1 saturated heterocycles. The summed E-state index contributed by atoms with van der Waals surface area (Å²) in [5, 5.41) is 4.63. The lowest BCUT2D eigenvalue weighted by Crippen LogP contribution is -2.43. The molecule has 0 spiro atoms. The van der Waals surface area contributed by atoms with E-state index in [0.29, 0.717) is 50.5 Å². The minimum Gasteiger partial charge on any atom is -0.378 e. The van der Waals surface area contributed by atoms with Crippen LogP contribution < -0.4 is 5.56 Å². The zero-order valence-electron chi connectivity index (χ0n) is 20.1. The van der Waals surface area contributed by atoms with Crippen LogP contribution in [0, 0.1) is 5.41 Å². The maximum absolute atomic E-state index is 13.2. The van der Waals surface area contributed by atoms with Gasteiger partial charge in [-0.1, -0.05) is 38.4 Å². The molecule has 1 amide bonds. The summed E-state index contributed by atoms with van der Waals surface area (Å²) in [5.41, 5.74) is 0.782. The molecular weight excluding hydrogens is 488 g/mol. The van der Waals surface area contributed by atoms with Crippen LogP contribution in [0.15, 0.2) is 41.2 Å². The van der Waals surface area contributed by atoms with E-state index < -0.39 is 5.41 Å². The Hall–Kier alpha value is -2.75. The van der Waals surface area contributed by atoms with Crippen molar-refractivity contribution in [2.75, 3.05) is 26.3 Å². The van der Waals surface area contributed by atoms with Gasteiger partial charge in [-0.05, 0) is 37.1 Å². The van der Waals surface area contributed by atoms with Crippen molar-refractivity contribution < 1.29 is 14.3 Å². The second-order valence-corrected chi connectivity index (χ2v) is 11.3. The first kappa shape index (κ1) is 25.3. The lowest BCUT2D eigenvalue weighted by atomic mass is 9.95. The molecule has 1 fully saturated rings. The fourth-order valence-corrected chi connectivity index (χ4v) is 5.00. The number of thiophene rings is 1. The van der Waals surface area contributed by atoms with E-state index in [1.54, 1.807) is 17.0 Å². The van der Waals surface area contributed by atoms with Crippen LogP contribution in [0.3, 0.4) is 0 Å². The van der Waals surface area contributed by atoms with Gasteiger partial charge in [0, 0.05) is 35.1 Å². The highest BCUT2D eigenvalue weighted by Crippen LogP contribution is 2.26. The van der Waals surface area contributed by atoms with Gasteiger partial charge in [0.2, 0.25) is 5.91 Å². The van der Waals surface area contributed by atoms with Gasteiger partial charge in [-0.15, -0.1) is 11.3 Å². The van der Waals surface area contributed by atoms with E-state index in [4.69, 9.17) is 16.3 Å². The molecule has 1 aliphatic rings. The van der Waals surface area contributed by atoms with Crippen LogP contribution in [0.5, 0.6) is 0 Å². The van der Waals surface area contributed by atoms with Crippen molar-refractivity contribution in [1.29, 1.82) is 0 Å². The van der Waals surface area contributed by atoms with E-state index in [1.165, 1.54) is 26.7 Å². The summed E-state index contributed by atoms with van der Waals surface area (Å²) in [6.07, 6.45) is 1.28. The zero-order valence-corrected chi connectivity index (χ0v) is 21.7. The summed E-state index contributed by atoms with van der Waals surface area (Å²) in [5.74, 6) is -0.292. The van der Waals surface area contributed by atoms with Crippen molar-refractivity contribution in [2.24, 2.45) is 5.41 Å². The molecule has 3 aromatic rings. The van der Waals surface area contributed by atoms with Crippen LogP contribution in [0.4, 0.5) is 0 Å². The standard InChI is InChI=1S/C25H29ClN4O4S/c1-25(2,3)24(33)30-17(7-8-18-9-10-21(26)35-18)15-19(27-30)20-5-4-6-22(31)29(20)16-23(32)28-11-13-34-14-12-28/h4-6,9-10,15H,7-8,11-14,16H2,1-3H3. The first-order chi connectivity index (χ1) is 16.6. The van der Waals surface area contributed by atoms with E-state index in [-0.39, 0.29) is 23.9 Å². The minimum atomic E-state index is -0.646. The Morgan fingerprint density at radius 3 is 2.51 bits per heavy atom. The molecule has 186 valence electrons. The Balaban J connectivity index is 1.69. The first-order valence-electron chi connectivity index (χ1n) is 11.6. The number of ether oxygens (including phenoxy) is 1. The smallest absolute Gasteiger partial charge is 0.252 e. The SMILES string of the molecule is CC(C)(C)C(=O)n1nc(-c2cccc(=O)n2CC(=O)N2CCOCC2)cc1CCc1ccc(Cl)s1. The molecule has 4 heterocycles. The topological polar surface area (TPSA) is 86.4 Å². The van der Waals surface area contributed by atoms with Gasteiger partial charge in [0.15, 0.2) is 0 Å².